The highest BCUT2D eigenvalue weighted by Crippen LogP contribution is 2.33. The Hall–Kier alpha value is -1.29. The predicted octanol–water partition coefficient (Wildman–Crippen LogP) is 3.23. The molecule has 0 radical (unpaired) electrons. The number of carbonyl (C=O) groups excluding carboxylic acids is 1. The van der Waals surface area contributed by atoms with Crippen LogP contribution in [0.15, 0.2) is 29.2 Å². The van der Waals surface area contributed by atoms with Crippen LogP contribution in [0.2, 0.25) is 0 Å². The molecular weight excluding hydrogens is 248 g/mol. The fraction of sp³-hybridized carbons (Fsp3) is 0.429. The molecule has 0 saturated heterocycles. The summed E-state index contributed by atoms with van der Waals surface area (Å²) in [5.41, 5.74) is 0.741. The van der Waals surface area contributed by atoms with Gasteiger partial charge in [-0.15, -0.1) is 11.8 Å². The molecule has 96 valence electrons. The minimum atomic E-state index is -0.791. The van der Waals surface area contributed by atoms with E-state index in [1.807, 2.05) is 19.1 Å². The zero-order valence-corrected chi connectivity index (χ0v) is 11.1. The van der Waals surface area contributed by atoms with Crippen molar-refractivity contribution in [2.24, 2.45) is 5.92 Å². The van der Waals surface area contributed by atoms with E-state index >= 15 is 0 Å². The van der Waals surface area contributed by atoms with Crippen LogP contribution in [0.25, 0.3) is 0 Å². The lowest BCUT2D eigenvalue weighted by Gasteiger charge is -2.09. The van der Waals surface area contributed by atoms with E-state index in [9.17, 15) is 9.59 Å². The average molecular weight is 264 g/mol. The Kier molecular flexibility index (Phi) is 4.07. The van der Waals surface area contributed by atoms with Crippen molar-refractivity contribution >= 4 is 23.5 Å². The summed E-state index contributed by atoms with van der Waals surface area (Å²) >= 11 is 1.33. The second-order valence-corrected chi connectivity index (χ2v) is 5.79. The third-order valence-electron chi connectivity index (χ3n) is 3.01. The van der Waals surface area contributed by atoms with Crippen LogP contribution in [0.3, 0.4) is 0 Å². The first-order valence-electron chi connectivity index (χ1n) is 6.15. The van der Waals surface area contributed by atoms with Crippen LogP contribution in [-0.4, -0.2) is 22.1 Å². The molecule has 1 aliphatic rings. The van der Waals surface area contributed by atoms with Crippen molar-refractivity contribution in [1.29, 1.82) is 0 Å². The van der Waals surface area contributed by atoms with Gasteiger partial charge in [0.05, 0.1) is 0 Å². The molecule has 0 aromatic heterocycles. The van der Waals surface area contributed by atoms with Gasteiger partial charge in [-0.2, -0.15) is 0 Å². The number of Topliss-reactive ketones (excluding diaryl/α,β-unsaturated/α-hetero) is 1. The number of hydrogen-bond donors (Lipinski definition) is 1. The van der Waals surface area contributed by atoms with Crippen LogP contribution in [0.4, 0.5) is 0 Å². The molecular formula is C14H16O3S. The van der Waals surface area contributed by atoms with Crippen molar-refractivity contribution in [3.05, 3.63) is 29.8 Å². The number of benzene rings is 1. The van der Waals surface area contributed by atoms with E-state index in [0.29, 0.717) is 6.42 Å². The first-order chi connectivity index (χ1) is 8.61. The number of carboxylic acids is 1. The first kappa shape index (κ1) is 13.1. The molecule has 1 N–H and O–H groups in total. The average Bonchev–Trinajstić information content (AvgIpc) is 3.19. The van der Waals surface area contributed by atoms with Gasteiger partial charge in [0.1, 0.15) is 5.25 Å². The highest BCUT2D eigenvalue weighted by molar-refractivity contribution is 8.00. The Morgan fingerprint density at radius 2 is 1.94 bits per heavy atom. The van der Waals surface area contributed by atoms with Gasteiger partial charge in [-0.05, 0) is 31.4 Å². The SMILES string of the molecule is CCC(Sc1ccc(C(=O)C2CC2)cc1)C(=O)O. The van der Waals surface area contributed by atoms with Crippen molar-refractivity contribution in [2.75, 3.05) is 0 Å². The van der Waals surface area contributed by atoms with E-state index < -0.39 is 11.2 Å². The lowest BCUT2D eigenvalue weighted by Crippen LogP contribution is -2.14. The summed E-state index contributed by atoms with van der Waals surface area (Å²) in [7, 11) is 0. The number of aliphatic carboxylic acids is 1. The Labute approximate surface area is 111 Å². The van der Waals surface area contributed by atoms with Gasteiger partial charge in [0.15, 0.2) is 5.78 Å². The molecule has 1 saturated carbocycles. The van der Waals surface area contributed by atoms with E-state index in [1.165, 1.54) is 11.8 Å². The monoisotopic (exact) mass is 264 g/mol. The van der Waals surface area contributed by atoms with Crippen LogP contribution in [0, 0.1) is 5.92 Å². The molecule has 3 nitrogen and oxygen atoms in total. The quantitative estimate of drug-likeness (QED) is 0.633. The van der Waals surface area contributed by atoms with Crippen LogP contribution < -0.4 is 0 Å². The molecule has 0 amide bonds. The maximum atomic E-state index is 11.8. The molecule has 0 bridgehead atoms. The number of rotatable bonds is 6. The predicted molar refractivity (Wildman–Crippen MR) is 71.1 cm³/mol. The summed E-state index contributed by atoms with van der Waals surface area (Å²) in [6.45, 7) is 1.86. The molecule has 0 heterocycles. The van der Waals surface area contributed by atoms with Gasteiger partial charge in [0, 0.05) is 16.4 Å². The third kappa shape index (κ3) is 3.13. The van der Waals surface area contributed by atoms with Crippen LogP contribution in [0.1, 0.15) is 36.5 Å². The smallest absolute Gasteiger partial charge is 0.316 e. The summed E-state index contributed by atoms with van der Waals surface area (Å²) in [4.78, 5) is 23.6. The Morgan fingerprint density at radius 3 is 2.39 bits per heavy atom. The maximum absolute atomic E-state index is 11.8. The molecule has 0 aliphatic heterocycles. The fourth-order valence-electron chi connectivity index (χ4n) is 1.75. The Morgan fingerprint density at radius 1 is 1.33 bits per heavy atom. The van der Waals surface area contributed by atoms with E-state index in [1.54, 1.807) is 12.1 Å². The normalized spacial score (nSPS) is 16.3. The number of carbonyl (C=O) groups is 2. The van der Waals surface area contributed by atoms with Crippen molar-refractivity contribution in [1.82, 2.24) is 0 Å². The molecule has 1 atom stereocenters. The second-order valence-electron chi connectivity index (χ2n) is 4.52. The maximum Gasteiger partial charge on any atom is 0.316 e. The van der Waals surface area contributed by atoms with E-state index in [0.717, 1.165) is 23.3 Å². The Balaban J connectivity index is 2.02. The summed E-state index contributed by atoms with van der Waals surface area (Å²) < 4.78 is 0. The molecule has 0 spiro atoms. The minimum Gasteiger partial charge on any atom is -0.480 e. The van der Waals surface area contributed by atoms with Gasteiger partial charge in [-0.25, -0.2) is 0 Å². The molecule has 1 fully saturated rings. The number of carboxylic acid groups (broad SMARTS) is 1. The van der Waals surface area contributed by atoms with Crippen LogP contribution in [-0.2, 0) is 4.79 Å². The minimum absolute atomic E-state index is 0.219. The molecule has 1 aromatic rings. The molecule has 1 aromatic carbocycles. The zero-order valence-electron chi connectivity index (χ0n) is 10.3. The zero-order chi connectivity index (χ0) is 13.1. The van der Waals surface area contributed by atoms with Crippen LogP contribution >= 0.6 is 11.8 Å². The van der Waals surface area contributed by atoms with Gasteiger partial charge in [0.25, 0.3) is 0 Å². The molecule has 2 rings (SSSR count). The van der Waals surface area contributed by atoms with E-state index in [4.69, 9.17) is 5.11 Å². The lowest BCUT2D eigenvalue weighted by atomic mass is 10.1. The van der Waals surface area contributed by atoms with Crippen molar-refractivity contribution in [3.63, 3.8) is 0 Å². The summed E-state index contributed by atoms with van der Waals surface area (Å²) in [5.74, 6) is -0.344. The van der Waals surface area contributed by atoms with Gasteiger partial charge < -0.3 is 5.11 Å². The van der Waals surface area contributed by atoms with E-state index in [2.05, 4.69) is 0 Å². The molecule has 1 unspecified atom stereocenters. The number of ketones is 1. The molecule has 18 heavy (non-hydrogen) atoms. The van der Waals surface area contributed by atoms with Gasteiger partial charge >= 0.3 is 5.97 Å². The number of hydrogen-bond acceptors (Lipinski definition) is 3. The summed E-state index contributed by atoms with van der Waals surface area (Å²) in [6.07, 6.45) is 2.60. The topological polar surface area (TPSA) is 54.4 Å². The van der Waals surface area contributed by atoms with E-state index in [-0.39, 0.29) is 11.7 Å². The number of thioether (sulfide) groups is 1. The van der Waals surface area contributed by atoms with Gasteiger partial charge in [0.2, 0.25) is 0 Å². The molecule has 1 aliphatic carbocycles. The van der Waals surface area contributed by atoms with Crippen molar-refractivity contribution in [2.45, 2.75) is 36.3 Å². The summed E-state index contributed by atoms with van der Waals surface area (Å²) in [5, 5.41) is 8.56. The highest BCUT2D eigenvalue weighted by atomic mass is 32.2. The van der Waals surface area contributed by atoms with Gasteiger partial charge in [-0.1, -0.05) is 19.1 Å². The first-order valence-corrected chi connectivity index (χ1v) is 7.03. The molecule has 4 heteroatoms. The van der Waals surface area contributed by atoms with Gasteiger partial charge in [-0.3, -0.25) is 9.59 Å². The standard InChI is InChI=1S/C14H16O3S/c1-2-12(14(16)17)18-11-7-5-10(6-8-11)13(15)9-3-4-9/h5-9,12H,2-4H2,1H3,(H,16,17). The lowest BCUT2D eigenvalue weighted by molar-refractivity contribution is -0.136. The van der Waals surface area contributed by atoms with Crippen molar-refractivity contribution in [3.8, 4) is 0 Å². The summed E-state index contributed by atoms with van der Waals surface area (Å²) in [6, 6.07) is 7.28. The fourth-order valence-corrected chi connectivity index (χ4v) is 2.64. The Bertz CT molecular complexity index is 449. The van der Waals surface area contributed by atoms with Crippen LogP contribution in [0.5, 0.6) is 0 Å². The second kappa shape index (κ2) is 5.57. The highest BCUT2D eigenvalue weighted by Gasteiger charge is 2.30. The third-order valence-corrected chi connectivity index (χ3v) is 4.38. The largest absolute Gasteiger partial charge is 0.480 e. The van der Waals surface area contributed by atoms with Crippen molar-refractivity contribution < 1.29 is 14.7 Å².